The molecule has 0 saturated carbocycles. The summed E-state index contributed by atoms with van der Waals surface area (Å²) in [5, 5.41) is 18.8. The molecular formula is C8H17BO3. The SMILES string of the molecule is B[C@H]1OC(CO)[C@@](C)(CC)[C@@H]1O. The van der Waals surface area contributed by atoms with E-state index in [0.717, 1.165) is 6.42 Å². The van der Waals surface area contributed by atoms with Gasteiger partial charge in [0.25, 0.3) is 0 Å². The van der Waals surface area contributed by atoms with Crippen LogP contribution in [0.2, 0.25) is 0 Å². The predicted octanol–water partition coefficient (Wildman–Crippen LogP) is -0.886. The average molecular weight is 172 g/mol. The van der Waals surface area contributed by atoms with Crippen LogP contribution in [-0.2, 0) is 4.74 Å². The molecule has 0 amide bonds. The molecule has 0 aliphatic carbocycles. The molecule has 1 heterocycles. The molecule has 1 saturated heterocycles. The van der Waals surface area contributed by atoms with Gasteiger partial charge < -0.3 is 14.9 Å². The molecule has 1 unspecified atom stereocenters. The van der Waals surface area contributed by atoms with E-state index in [0.29, 0.717) is 0 Å². The van der Waals surface area contributed by atoms with Crippen LogP contribution in [0.15, 0.2) is 0 Å². The first-order valence-corrected chi connectivity index (χ1v) is 4.50. The summed E-state index contributed by atoms with van der Waals surface area (Å²) in [5.41, 5.74) is -0.284. The largest absolute Gasteiger partial charge is 0.394 e. The van der Waals surface area contributed by atoms with Crippen molar-refractivity contribution >= 4 is 7.85 Å². The minimum Gasteiger partial charge on any atom is -0.394 e. The maximum atomic E-state index is 9.78. The lowest BCUT2D eigenvalue weighted by atomic mass is 9.74. The van der Waals surface area contributed by atoms with Crippen LogP contribution >= 0.6 is 0 Å². The molecule has 0 aromatic carbocycles. The first-order valence-electron chi connectivity index (χ1n) is 4.50. The first-order chi connectivity index (χ1) is 5.56. The zero-order valence-corrected chi connectivity index (χ0v) is 7.95. The standard InChI is InChI=1S/C8H17BO3/c1-3-8(2)5(4-10)12-7(9)6(8)11/h5-7,10-11H,3-4,9H2,1-2H3/t5?,6-,7+,8-/m1/s1. The highest BCUT2D eigenvalue weighted by Gasteiger charge is 2.49. The molecule has 1 aliphatic rings. The quantitative estimate of drug-likeness (QED) is 0.531. The molecule has 0 radical (unpaired) electrons. The number of aliphatic hydroxyl groups is 2. The van der Waals surface area contributed by atoms with Crippen LogP contribution in [0.5, 0.6) is 0 Å². The number of aliphatic hydroxyl groups excluding tert-OH is 2. The number of hydrogen-bond donors (Lipinski definition) is 2. The molecular weight excluding hydrogens is 155 g/mol. The molecule has 2 N–H and O–H groups in total. The normalized spacial score (nSPS) is 48.2. The third-order valence-electron chi connectivity index (χ3n) is 3.16. The van der Waals surface area contributed by atoms with Crippen molar-refractivity contribution in [1.29, 1.82) is 0 Å². The smallest absolute Gasteiger partial charge is 0.142 e. The van der Waals surface area contributed by atoms with Crippen molar-refractivity contribution in [2.24, 2.45) is 5.41 Å². The second-order valence-electron chi connectivity index (χ2n) is 3.82. The average Bonchev–Trinajstić information content (AvgIpc) is 2.30. The van der Waals surface area contributed by atoms with Crippen molar-refractivity contribution < 1.29 is 14.9 Å². The molecule has 70 valence electrons. The summed E-state index contributed by atoms with van der Waals surface area (Å²) < 4.78 is 5.43. The third kappa shape index (κ3) is 1.28. The summed E-state index contributed by atoms with van der Waals surface area (Å²) in [7, 11) is 1.84. The Morgan fingerprint density at radius 1 is 1.58 bits per heavy atom. The molecule has 0 aromatic rings. The fourth-order valence-electron chi connectivity index (χ4n) is 1.90. The zero-order chi connectivity index (χ0) is 9.35. The summed E-state index contributed by atoms with van der Waals surface area (Å²) in [6, 6.07) is -0.160. The topological polar surface area (TPSA) is 49.7 Å². The van der Waals surface area contributed by atoms with Gasteiger partial charge in [-0.25, -0.2) is 0 Å². The zero-order valence-electron chi connectivity index (χ0n) is 7.95. The summed E-state index contributed by atoms with van der Waals surface area (Å²) >= 11 is 0. The molecule has 0 bridgehead atoms. The Balaban J connectivity index is 2.80. The van der Waals surface area contributed by atoms with Gasteiger partial charge in [-0.1, -0.05) is 13.8 Å². The van der Waals surface area contributed by atoms with Crippen LogP contribution in [0.1, 0.15) is 20.3 Å². The number of rotatable bonds is 2. The van der Waals surface area contributed by atoms with Crippen LogP contribution in [0.25, 0.3) is 0 Å². The summed E-state index contributed by atoms with van der Waals surface area (Å²) in [6.07, 6.45) is 0.149. The maximum Gasteiger partial charge on any atom is 0.142 e. The van der Waals surface area contributed by atoms with Gasteiger partial charge in [-0.15, -0.1) is 0 Å². The van der Waals surface area contributed by atoms with E-state index >= 15 is 0 Å². The van der Waals surface area contributed by atoms with Gasteiger partial charge in [-0.2, -0.15) is 0 Å². The van der Waals surface area contributed by atoms with Crippen LogP contribution in [-0.4, -0.2) is 42.9 Å². The molecule has 1 rings (SSSR count). The van der Waals surface area contributed by atoms with Crippen molar-refractivity contribution in [1.82, 2.24) is 0 Å². The Morgan fingerprint density at radius 2 is 2.17 bits per heavy atom. The monoisotopic (exact) mass is 172 g/mol. The summed E-state index contributed by atoms with van der Waals surface area (Å²) in [4.78, 5) is 0. The number of hydrogen-bond acceptors (Lipinski definition) is 3. The van der Waals surface area contributed by atoms with Gasteiger partial charge in [0.05, 0.1) is 24.8 Å². The fourth-order valence-corrected chi connectivity index (χ4v) is 1.90. The molecule has 1 aliphatic heterocycles. The van der Waals surface area contributed by atoms with Gasteiger partial charge in [-0.3, -0.25) is 0 Å². The van der Waals surface area contributed by atoms with Gasteiger partial charge in [-0.05, 0) is 6.42 Å². The van der Waals surface area contributed by atoms with Gasteiger partial charge in [0.15, 0.2) is 0 Å². The van der Waals surface area contributed by atoms with E-state index in [4.69, 9.17) is 9.84 Å². The van der Waals surface area contributed by atoms with Crippen LogP contribution in [0.3, 0.4) is 0 Å². The molecule has 3 nitrogen and oxygen atoms in total. The lowest BCUT2D eigenvalue weighted by Crippen LogP contribution is -2.39. The van der Waals surface area contributed by atoms with E-state index in [1.165, 1.54) is 0 Å². The van der Waals surface area contributed by atoms with Gasteiger partial charge >= 0.3 is 0 Å². The second kappa shape index (κ2) is 3.36. The van der Waals surface area contributed by atoms with Crippen molar-refractivity contribution in [2.45, 2.75) is 38.5 Å². The van der Waals surface area contributed by atoms with Crippen LogP contribution in [0, 0.1) is 5.41 Å². The Hall–Kier alpha value is -0.0551. The number of ether oxygens (including phenoxy) is 1. The van der Waals surface area contributed by atoms with Gasteiger partial charge in [0.2, 0.25) is 0 Å². The Morgan fingerprint density at radius 3 is 2.50 bits per heavy atom. The highest BCUT2D eigenvalue weighted by atomic mass is 16.5. The van der Waals surface area contributed by atoms with Gasteiger partial charge in [0, 0.05) is 5.41 Å². The van der Waals surface area contributed by atoms with E-state index in [9.17, 15) is 5.11 Å². The van der Waals surface area contributed by atoms with E-state index in [1.54, 1.807) is 0 Å². The predicted molar refractivity (Wildman–Crippen MR) is 48.7 cm³/mol. The Kier molecular flexibility index (Phi) is 2.81. The van der Waals surface area contributed by atoms with Crippen molar-refractivity contribution in [2.75, 3.05) is 6.61 Å². The molecule has 0 aromatic heterocycles. The van der Waals surface area contributed by atoms with E-state index in [1.807, 2.05) is 21.7 Å². The Labute approximate surface area is 74.1 Å². The Bertz CT molecular complexity index is 164. The highest BCUT2D eigenvalue weighted by molar-refractivity contribution is 6.11. The lowest BCUT2D eigenvalue weighted by Gasteiger charge is -2.30. The van der Waals surface area contributed by atoms with E-state index in [-0.39, 0.29) is 24.1 Å². The highest BCUT2D eigenvalue weighted by Crippen LogP contribution is 2.40. The van der Waals surface area contributed by atoms with Crippen molar-refractivity contribution in [3.63, 3.8) is 0 Å². The van der Waals surface area contributed by atoms with E-state index < -0.39 is 6.10 Å². The van der Waals surface area contributed by atoms with Crippen LogP contribution < -0.4 is 0 Å². The second-order valence-corrected chi connectivity index (χ2v) is 3.82. The van der Waals surface area contributed by atoms with Crippen LogP contribution in [0.4, 0.5) is 0 Å². The molecule has 0 spiro atoms. The first kappa shape index (κ1) is 10.0. The van der Waals surface area contributed by atoms with Crippen molar-refractivity contribution in [3.05, 3.63) is 0 Å². The molecule has 12 heavy (non-hydrogen) atoms. The minimum atomic E-state index is -0.459. The lowest BCUT2D eigenvalue weighted by molar-refractivity contribution is -0.00410. The fraction of sp³-hybridized carbons (Fsp3) is 1.00. The molecule has 4 atom stereocenters. The summed E-state index contributed by atoms with van der Waals surface area (Å²) in [5.74, 6) is 0. The minimum absolute atomic E-state index is 0.00819. The third-order valence-corrected chi connectivity index (χ3v) is 3.16. The van der Waals surface area contributed by atoms with Crippen molar-refractivity contribution in [3.8, 4) is 0 Å². The van der Waals surface area contributed by atoms with Gasteiger partial charge in [0.1, 0.15) is 7.85 Å². The maximum absolute atomic E-state index is 9.78. The van der Waals surface area contributed by atoms with E-state index in [2.05, 4.69) is 0 Å². The summed E-state index contributed by atoms with van der Waals surface area (Å²) in [6.45, 7) is 3.96. The molecule has 1 fully saturated rings. The molecule has 4 heteroatoms.